The van der Waals surface area contributed by atoms with Gasteiger partial charge in [-0.05, 0) is 38.5 Å². The van der Waals surface area contributed by atoms with E-state index in [4.69, 9.17) is 0 Å². The molecule has 1 aliphatic carbocycles. The summed E-state index contributed by atoms with van der Waals surface area (Å²) in [5.74, 6) is 2.19. The Morgan fingerprint density at radius 2 is 2.21 bits per heavy atom. The van der Waals surface area contributed by atoms with Crippen molar-refractivity contribution >= 4 is 5.82 Å². The van der Waals surface area contributed by atoms with Crippen molar-refractivity contribution in [3.05, 3.63) is 11.3 Å². The quantitative estimate of drug-likeness (QED) is 0.885. The molecule has 1 aliphatic heterocycles. The fraction of sp³-hybridized carbons (Fsp3) is 0.800. The normalized spacial score (nSPS) is 26.3. The van der Waals surface area contributed by atoms with E-state index in [9.17, 15) is 0 Å². The van der Waals surface area contributed by atoms with Gasteiger partial charge >= 0.3 is 0 Å². The third-order valence-corrected chi connectivity index (χ3v) is 4.77. The van der Waals surface area contributed by atoms with Gasteiger partial charge in [-0.15, -0.1) is 0 Å². The maximum atomic E-state index is 4.60. The number of aromatic nitrogens is 2. The molecule has 106 valence electrons. The largest absolute Gasteiger partial charge is 0.370 e. The predicted molar refractivity (Wildman–Crippen MR) is 78.3 cm³/mol. The summed E-state index contributed by atoms with van der Waals surface area (Å²) in [7, 11) is 2.05. The van der Waals surface area contributed by atoms with Crippen molar-refractivity contribution in [3.8, 4) is 0 Å². The molecule has 4 heteroatoms. The summed E-state index contributed by atoms with van der Waals surface area (Å²) in [4.78, 5) is 2.68. The first kappa shape index (κ1) is 13.0. The van der Waals surface area contributed by atoms with Gasteiger partial charge in [0, 0.05) is 38.3 Å². The van der Waals surface area contributed by atoms with Gasteiger partial charge in [0.25, 0.3) is 0 Å². The molecule has 4 nitrogen and oxygen atoms in total. The van der Waals surface area contributed by atoms with Crippen LogP contribution in [0.25, 0.3) is 0 Å². The third-order valence-electron chi connectivity index (χ3n) is 4.77. The molecule has 1 aromatic rings. The van der Waals surface area contributed by atoms with E-state index in [0.717, 1.165) is 31.5 Å². The number of fused-ring (bicyclic) bond motifs is 2. The molecule has 2 heterocycles. The topological polar surface area (TPSA) is 33.1 Å². The molecular weight excluding hydrogens is 236 g/mol. The third kappa shape index (κ3) is 2.38. The predicted octanol–water partition coefficient (Wildman–Crippen LogP) is 2.53. The van der Waals surface area contributed by atoms with Gasteiger partial charge in [-0.1, -0.05) is 6.92 Å². The van der Waals surface area contributed by atoms with Crippen molar-refractivity contribution in [1.29, 1.82) is 0 Å². The summed E-state index contributed by atoms with van der Waals surface area (Å²) >= 11 is 0. The van der Waals surface area contributed by atoms with Crippen molar-refractivity contribution < 1.29 is 0 Å². The van der Waals surface area contributed by atoms with E-state index in [-0.39, 0.29) is 0 Å². The van der Waals surface area contributed by atoms with Crippen LogP contribution in [0.3, 0.4) is 0 Å². The number of nitrogens with zero attached hydrogens (tertiary/aromatic N) is 3. The average molecular weight is 262 g/mol. The van der Waals surface area contributed by atoms with Crippen LogP contribution in [0.1, 0.15) is 43.9 Å². The van der Waals surface area contributed by atoms with E-state index in [0.29, 0.717) is 0 Å². The number of hydrogen-bond donors (Lipinski definition) is 1. The van der Waals surface area contributed by atoms with Crippen LogP contribution in [0.15, 0.2) is 0 Å². The van der Waals surface area contributed by atoms with Crippen LogP contribution in [0.2, 0.25) is 0 Å². The second-order valence-electron chi connectivity index (χ2n) is 6.23. The van der Waals surface area contributed by atoms with Crippen molar-refractivity contribution in [3.63, 3.8) is 0 Å². The minimum Gasteiger partial charge on any atom is -0.370 e. The first-order valence-corrected chi connectivity index (χ1v) is 7.69. The molecular formula is C15H26N4. The van der Waals surface area contributed by atoms with E-state index in [1.54, 1.807) is 0 Å². The van der Waals surface area contributed by atoms with Gasteiger partial charge in [-0.25, -0.2) is 0 Å². The zero-order valence-corrected chi connectivity index (χ0v) is 12.4. The molecule has 0 aromatic carbocycles. The molecule has 2 fully saturated rings. The Morgan fingerprint density at radius 1 is 1.37 bits per heavy atom. The van der Waals surface area contributed by atoms with Crippen molar-refractivity contribution in [2.24, 2.45) is 13.0 Å². The van der Waals surface area contributed by atoms with Gasteiger partial charge in [0.15, 0.2) is 0 Å². The first-order chi connectivity index (χ1) is 9.19. The molecule has 2 bridgehead atoms. The number of hydrogen-bond acceptors (Lipinski definition) is 3. The van der Waals surface area contributed by atoms with Crippen LogP contribution in [-0.4, -0.2) is 33.8 Å². The summed E-state index contributed by atoms with van der Waals surface area (Å²) in [6.45, 7) is 7.74. The minimum atomic E-state index is 0.837. The van der Waals surface area contributed by atoms with E-state index < -0.39 is 0 Å². The Kier molecular flexibility index (Phi) is 3.52. The number of likely N-dealkylation sites (tertiary alicyclic amines) is 1. The molecule has 0 amide bonds. The van der Waals surface area contributed by atoms with Crippen molar-refractivity contribution in [2.45, 2.75) is 52.1 Å². The first-order valence-electron chi connectivity index (χ1n) is 7.69. The highest BCUT2D eigenvalue weighted by Gasteiger charge is 2.38. The van der Waals surface area contributed by atoms with Crippen LogP contribution >= 0.6 is 0 Å². The molecule has 2 atom stereocenters. The van der Waals surface area contributed by atoms with Crippen molar-refractivity contribution in [2.75, 3.05) is 18.4 Å². The number of rotatable bonds is 5. The summed E-state index contributed by atoms with van der Waals surface area (Å²) in [5, 5.41) is 8.14. The van der Waals surface area contributed by atoms with Gasteiger partial charge < -0.3 is 5.32 Å². The Labute approximate surface area is 116 Å². The summed E-state index contributed by atoms with van der Waals surface area (Å²) in [6.07, 6.45) is 5.44. The van der Waals surface area contributed by atoms with Gasteiger partial charge in [0.2, 0.25) is 0 Å². The molecule has 0 spiro atoms. The molecule has 1 aromatic heterocycles. The van der Waals surface area contributed by atoms with E-state index in [1.807, 2.05) is 11.7 Å². The highest BCUT2D eigenvalue weighted by Crippen LogP contribution is 2.38. The van der Waals surface area contributed by atoms with Gasteiger partial charge in [0.05, 0.1) is 5.69 Å². The fourth-order valence-corrected chi connectivity index (χ4v) is 3.78. The maximum absolute atomic E-state index is 4.60. The van der Waals surface area contributed by atoms with E-state index >= 15 is 0 Å². The van der Waals surface area contributed by atoms with E-state index in [2.05, 4.69) is 29.2 Å². The monoisotopic (exact) mass is 262 g/mol. The van der Waals surface area contributed by atoms with Crippen LogP contribution < -0.4 is 5.32 Å². The zero-order valence-electron chi connectivity index (χ0n) is 12.4. The molecule has 1 saturated heterocycles. The molecule has 19 heavy (non-hydrogen) atoms. The zero-order chi connectivity index (χ0) is 13.4. The molecule has 1 N–H and O–H groups in total. The maximum Gasteiger partial charge on any atom is 0.128 e. The van der Waals surface area contributed by atoms with Crippen LogP contribution in [0, 0.1) is 12.8 Å². The number of nitrogens with one attached hydrogen (secondary N) is 1. The standard InChI is InChI=1S/C15H26N4/c1-4-7-16-15-14(11(2)17-18(15)3)10-19-9-12-5-6-13(19)8-12/h12-13,16H,4-10H2,1-3H3. The van der Waals surface area contributed by atoms with Gasteiger partial charge in [-0.3, -0.25) is 9.58 Å². The lowest BCUT2D eigenvalue weighted by molar-refractivity contribution is 0.205. The smallest absolute Gasteiger partial charge is 0.128 e. The Bertz CT molecular complexity index is 451. The second kappa shape index (κ2) is 5.16. The molecule has 1 saturated carbocycles. The minimum absolute atomic E-state index is 0.837. The molecule has 2 unspecified atom stereocenters. The second-order valence-corrected chi connectivity index (χ2v) is 6.23. The average Bonchev–Trinajstić information content (AvgIpc) is 3.05. The summed E-state index contributed by atoms with van der Waals surface area (Å²) < 4.78 is 2.01. The Balaban J connectivity index is 1.76. The van der Waals surface area contributed by atoms with E-state index in [1.165, 1.54) is 42.9 Å². The number of anilines is 1. The molecule has 2 aliphatic rings. The lowest BCUT2D eigenvalue weighted by Crippen LogP contribution is -2.31. The van der Waals surface area contributed by atoms with Crippen LogP contribution in [0.4, 0.5) is 5.82 Å². The van der Waals surface area contributed by atoms with Crippen molar-refractivity contribution in [1.82, 2.24) is 14.7 Å². The van der Waals surface area contributed by atoms with Gasteiger partial charge in [0.1, 0.15) is 5.82 Å². The Morgan fingerprint density at radius 3 is 2.84 bits per heavy atom. The van der Waals surface area contributed by atoms with Crippen LogP contribution in [0.5, 0.6) is 0 Å². The molecule has 0 radical (unpaired) electrons. The number of piperidine rings is 1. The highest BCUT2D eigenvalue weighted by molar-refractivity contribution is 5.47. The van der Waals surface area contributed by atoms with Gasteiger partial charge in [-0.2, -0.15) is 5.10 Å². The summed E-state index contributed by atoms with van der Waals surface area (Å²) in [5.41, 5.74) is 2.59. The SMILES string of the molecule is CCCNc1c(CN2CC3CCC2C3)c(C)nn1C. The van der Waals surface area contributed by atoms with Crippen LogP contribution in [-0.2, 0) is 13.6 Å². The fourth-order valence-electron chi connectivity index (χ4n) is 3.78. The number of aryl methyl sites for hydroxylation is 2. The lowest BCUT2D eigenvalue weighted by Gasteiger charge is -2.27. The molecule has 3 rings (SSSR count). The summed E-state index contributed by atoms with van der Waals surface area (Å²) in [6, 6.07) is 0.837. The lowest BCUT2D eigenvalue weighted by atomic mass is 10.1. The highest BCUT2D eigenvalue weighted by atomic mass is 15.3. The Hall–Kier alpha value is -1.03.